The quantitative estimate of drug-likeness (QED) is 0.462. The number of thiazole rings is 1. The van der Waals surface area contributed by atoms with Crippen molar-refractivity contribution < 1.29 is 9.18 Å². The van der Waals surface area contributed by atoms with E-state index in [0.717, 1.165) is 20.8 Å². The monoisotopic (exact) mass is 374 g/mol. The number of anilines is 1. The van der Waals surface area contributed by atoms with Crippen molar-refractivity contribution in [3.63, 3.8) is 0 Å². The van der Waals surface area contributed by atoms with Gasteiger partial charge in [-0.3, -0.25) is 4.79 Å². The minimum absolute atomic E-state index is 0.327. The Morgan fingerprint density at radius 3 is 2.56 bits per heavy atom. The van der Waals surface area contributed by atoms with Crippen molar-refractivity contribution in [2.24, 2.45) is 0 Å². The number of carbonyl (C=O) groups is 1. The highest BCUT2D eigenvalue weighted by Gasteiger charge is 2.11. The molecule has 4 aromatic rings. The highest BCUT2D eigenvalue weighted by atomic mass is 32.1. The Morgan fingerprint density at radius 1 is 0.963 bits per heavy atom. The summed E-state index contributed by atoms with van der Waals surface area (Å²) in [5, 5.41) is 3.70. The van der Waals surface area contributed by atoms with Gasteiger partial charge < -0.3 is 5.32 Å². The average molecular weight is 374 g/mol. The maximum atomic E-state index is 13.7. The number of rotatable bonds is 4. The van der Waals surface area contributed by atoms with E-state index in [1.54, 1.807) is 29.5 Å². The van der Waals surface area contributed by atoms with Gasteiger partial charge in [-0.25, -0.2) is 9.37 Å². The van der Waals surface area contributed by atoms with Crippen molar-refractivity contribution in [1.82, 2.24) is 4.98 Å². The number of nitrogens with one attached hydrogen (secondary N) is 1. The van der Waals surface area contributed by atoms with Gasteiger partial charge >= 0.3 is 0 Å². The maximum Gasteiger partial charge on any atom is 0.248 e. The summed E-state index contributed by atoms with van der Waals surface area (Å²) >= 11 is 1.57. The minimum Gasteiger partial charge on any atom is -0.322 e. The fourth-order valence-electron chi connectivity index (χ4n) is 2.72. The number of hydrogen-bond acceptors (Lipinski definition) is 3. The summed E-state index contributed by atoms with van der Waals surface area (Å²) in [5.74, 6) is -0.691. The molecule has 0 aliphatic rings. The van der Waals surface area contributed by atoms with E-state index in [1.165, 1.54) is 18.2 Å². The third kappa shape index (κ3) is 3.78. The predicted molar refractivity (Wildman–Crippen MR) is 109 cm³/mol. The van der Waals surface area contributed by atoms with Gasteiger partial charge in [0.05, 0.1) is 15.9 Å². The minimum atomic E-state index is -0.364. The van der Waals surface area contributed by atoms with Gasteiger partial charge in [0.1, 0.15) is 10.8 Å². The first kappa shape index (κ1) is 17.1. The number of benzene rings is 3. The van der Waals surface area contributed by atoms with Gasteiger partial charge in [-0.1, -0.05) is 42.5 Å². The lowest BCUT2D eigenvalue weighted by molar-refractivity contribution is -0.111. The lowest BCUT2D eigenvalue weighted by Crippen LogP contribution is -2.08. The van der Waals surface area contributed by atoms with Crippen LogP contribution >= 0.6 is 11.3 Å². The molecule has 0 aliphatic heterocycles. The highest BCUT2D eigenvalue weighted by molar-refractivity contribution is 7.21. The molecule has 0 saturated carbocycles. The second-order valence-corrected chi connectivity index (χ2v) is 6.91. The molecule has 1 amide bonds. The van der Waals surface area contributed by atoms with Crippen LogP contribution in [0, 0.1) is 5.82 Å². The van der Waals surface area contributed by atoms with Gasteiger partial charge in [-0.05, 0) is 36.4 Å². The van der Waals surface area contributed by atoms with Crippen LogP contribution in [-0.2, 0) is 4.79 Å². The maximum absolute atomic E-state index is 13.7. The fraction of sp³-hybridized carbons (Fsp3) is 0. The molecule has 0 saturated heterocycles. The number of nitrogens with zero attached hydrogens (tertiary/aromatic N) is 1. The van der Waals surface area contributed by atoms with Crippen LogP contribution in [0.2, 0.25) is 0 Å². The number of aromatic nitrogens is 1. The van der Waals surface area contributed by atoms with Crippen LogP contribution < -0.4 is 5.32 Å². The van der Waals surface area contributed by atoms with Crippen LogP contribution in [0.4, 0.5) is 10.1 Å². The molecular formula is C22H15FN2OS. The van der Waals surface area contributed by atoms with Gasteiger partial charge in [0.15, 0.2) is 0 Å². The Labute approximate surface area is 159 Å². The lowest BCUT2D eigenvalue weighted by Gasteiger charge is -2.07. The summed E-state index contributed by atoms with van der Waals surface area (Å²) < 4.78 is 14.8. The molecule has 0 atom stereocenters. The molecule has 0 spiro atoms. The first-order valence-corrected chi connectivity index (χ1v) is 9.21. The van der Waals surface area contributed by atoms with Crippen molar-refractivity contribution in [3.8, 4) is 10.6 Å². The third-order valence-corrected chi connectivity index (χ3v) is 5.10. The molecule has 0 bridgehead atoms. The summed E-state index contributed by atoms with van der Waals surface area (Å²) in [7, 11) is 0. The second kappa shape index (κ2) is 7.51. The molecule has 132 valence electrons. The van der Waals surface area contributed by atoms with Crippen LogP contribution in [0.15, 0.2) is 78.9 Å². The zero-order valence-corrected chi connectivity index (χ0v) is 15.0. The van der Waals surface area contributed by atoms with E-state index >= 15 is 0 Å². The van der Waals surface area contributed by atoms with Crippen LogP contribution in [0.3, 0.4) is 0 Å². The lowest BCUT2D eigenvalue weighted by atomic mass is 10.1. The average Bonchev–Trinajstić information content (AvgIpc) is 3.12. The van der Waals surface area contributed by atoms with Crippen LogP contribution in [0.5, 0.6) is 0 Å². The number of fused-ring (bicyclic) bond motifs is 1. The molecule has 1 aromatic heterocycles. The van der Waals surface area contributed by atoms with Crippen molar-refractivity contribution in [2.45, 2.75) is 0 Å². The zero-order valence-electron chi connectivity index (χ0n) is 14.2. The van der Waals surface area contributed by atoms with Crippen molar-refractivity contribution in [1.29, 1.82) is 0 Å². The first-order valence-electron chi connectivity index (χ1n) is 8.39. The van der Waals surface area contributed by atoms with Crippen LogP contribution in [-0.4, -0.2) is 10.9 Å². The van der Waals surface area contributed by atoms with Gasteiger partial charge in [0.25, 0.3) is 0 Å². The van der Waals surface area contributed by atoms with Gasteiger partial charge in [-0.15, -0.1) is 11.3 Å². The first-order chi connectivity index (χ1) is 13.2. The molecule has 5 heteroatoms. The smallest absolute Gasteiger partial charge is 0.248 e. The van der Waals surface area contributed by atoms with Gasteiger partial charge in [0.2, 0.25) is 5.91 Å². The molecule has 3 nitrogen and oxygen atoms in total. The Hall–Kier alpha value is -3.31. The van der Waals surface area contributed by atoms with E-state index < -0.39 is 0 Å². The number of hydrogen-bond donors (Lipinski definition) is 1. The van der Waals surface area contributed by atoms with E-state index in [4.69, 9.17) is 0 Å². The summed E-state index contributed by atoms with van der Waals surface area (Å²) in [6, 6.07) is 21.8. The molecule has 0 fully saturated rings. The zero-order chi connectivity index (χ0) is 18.6. The summed E-state index contributed by atoms with van der Waals surface area (Å²) in [5.41, 5.74) is 2.82. The molecule has 4 rings (SSSR count). The molecule has 1 heterocycles. The summed E-state index contributed by atoms with van der Waals surface area (Å²) in [6.45, 7) is 0. The predicted octanol–water partition coefficient (Wildman–Crippen LogP) is 5.75. The standard InChI is InChI=1S/C22H15FN2OS/c23-17-9-3-1-7-15(17)13-14-21(26)24-18-10-4-2-8-16(18)22-25-19-11-5-6-12-20(19)27-22/h1-14H,(H,24,26)/b14-13+. The van der Waals surface area contributed by atoms with Crippen molar-refractivity contribution in [2.75, 3.05) is 5.32 Å². The normalized spacial score (nSPS) is 11.1. The largest absolute Gasteiger partial charge is 0.322 e. The molecule has 0 radical (unpaired) electrons. The van der Waals surface area contributed by atoms with E-state index in [9.17, 15) is 9.18 Å². The Bertz CT molecular complexity index is 1120. The van der Waals surface area contributed by atoms with Crippen LogP contribution in [0.1, 0.15) is 5.56 Å². The number of para-hydroxylation sites is 2. The number of amides is 1. The number of carbonyl (C=O) groups excluding carboxylic acids is 1. The molecule has 27 heavy (non-hydrogen) atoms. The van der Waals surface area contributed by atoms with E-state index in [-0.39, 0.29) is 11.7 Å². The van der Waals surface area contributed by atoms with E-state index in [2.05, 4.69) is 10.3 Å². The fourth-order valence-corrected chi connectivity index (χ4v) is 3.72. The SMILES string of the molecule is O=C(/C=C/c1ccccc1F)Nc1ccccc1-c1nc2ccccc2s1. The summed E-state index contributed by atoms with van der Waals surface area (Å²) in [6.07, 6.45) is 2.79. The molecule has 3 aromatic carbocycles. The Kier molecular flexibility index (Phi) is 4.77. The molecule has 0 unspecified atom stereocenters. The van der Waals surface area contributed by atoms with Crippen LogP contribution in [0.25, 0.3) is 26.9 Å². The Morgan fingerprint density at radius 2 is 1.70 bits per heavy atom. The Balaban J connectivity index is 1.59. The molecule has 1 N–H and O–H groups in total. The summed E-state index contributed by atoms with van der Waals surface area (Å²) in [4.78, 5) is 17.0. The molecule has 0 aliphatic carbocycles. The highest BCUT2D eigenvalue weighted by Crippen LogP contribution is 2.34. The topological polar surface area (TPSA) is 42.0 Å². The van der Waals surface area contributed by atoms with Gasteiger partial charge in [-0.2, -0.15) is 0 Å². The van der Waals surface area contributed by atoms with Gasteiger partial charge in [0, 0.05) is 17.2 Å². The van der Waals surface area contributed by atoms with Crippen molar-refractivity contribution in [3.05, 3.63) is 90.3 Å². The molecular weight excluding hydrogens is 359 g/mol. The third-order valence-electron chi connectivity index (χ3n) is 4.03. The van der Waals surface area contributed by atoms with E-state index in [1.807, 2.05) is 48.5 Å². The van der Waals surface area contributed by atoms with E-state index in [0.29, 0.717) is 11.3 Å². The second-order valence-electron chi connectivity index (χ2n) is 5.88. The van der Waals surface area contributed by atoms with Crippen molar-refractivity contribution >= 4 is 39.2 Å². The number of halogens is 1.